The van der Waals surface area contributed by atoms with E-state index in [4.69, 9.17) is 0 Å². The van der Waals surface area contributed by atoms with Crippen molar-refractivity contribution in [2.75, 3.05) is 0 Å². The second-order valence-corrected chi connectivity index (χ2v) is 4.12. The molecule has 4 heteroatoms. The first-order chi connectivity index (χ1) is 8.00. The molecule has 1 aliphatic rings. The lowest BCUT2D eigenvalue weighted by molar-refractivity contribution is 0.0969. The molecule has 1 aromatic rings. The molecule has 2 rings (SSSR count). The van der Waals surface area contributed by atoms with Gasteiger partial charge in [0.05, 0.1) is 11.7 Å². The summed E-state index contributed by atoms with van der Waals surface area (Å²) < 4.78 is 0. The van der Waals surface area contributed by atoms with Crippen molar-refractivity contribution in [2.45, 2.75) is 19.4 Å². The van der Waals surface area contributed by atoms with E-state index >= 15 is 0 Å². The fraction of sp³-hybridized carbons (Fsp3) is 0.231. The Morgan fingerprint density at radius 3 is 2.65 bits per heavy atom. The Morgan fingerprint density at radius 2 is 2.00 bits per heavy atom. The van der Waals surface area contributed by atoms with Gasteiger partial charge in [0.15, 0.2) is 11.6 Å². The first kappa shape index (κ1) is 11.5. The van der Waals surface area contributed by atoms with Crippen LogP contribution in [-0.4, -0.2) is 27.9 Å². The number of phenols is 1. The van der Waals surface area contributed by atoms with Crippen molar-refractivity contribution < 1.29 is 19.8 Å². The summed E-state index contributed by atoms with van der Waals surface area (Å²) in [5, 5.41) is 18.8. The Hall–Kier alpha value is -1.94. The molecule has 0 aliphatic heterocycles. The number of carbonyl (C=O) groups excluding carboxylic acids is 2. The summed E-state index contributed by atoms with van der Waals surface area (Å²) in [6, 6.07) is 4.40. The van der Waals surface area contributed by atoms with E-state index in [0.717, 1.165) is 0 Å². The third-order valence-corrected chi connectivity index (χ3v) is 2.65. The number of carbonyl (C=O) groups is 2. The maximum atomic E-state index is 12.0. The Bertz CT molecular complexity index is 526. The molecule has 1 aliphatic carbocycles. The summed E-state index contributed by atoms with van der Waals surface area (Å²) in [7, 11) is 0. The molecule has 0 saturated heterocycles. The molecule has 1 aromatic carbocycles. The quantitative estimate of drug-likeness (QED) is 0.809. The van der Waals surface area contributed by atoms with Crippen LogP contribution in [0, 0.1) is 0 Å². The average Bonchev–Trinajstić information content (AvgIpc) is 2.24. The number of allylic oxidation sites excluding steroid dienone is 1. The molecule has 88 valence electrons. The van der Waals surface area contributed by atoms with Crippen LogP contribution >= 0.6 is 0 Å². The fourth-order valence-corrected chi connectivity index (χ4v) is 1.93. The normalized spacial score (nSPS) is 16.5. The molecule has 17 heavy (non-hydrogen) atoms. The summed E-state index contributed by atoms with van der Waals surface area (Å²) >= 11 is 0. The van der Waals surface area contributed by atoms with Crippen molar-refractivity contribution in [3.8, 4) is 5.75 Å². The molecule has 0 saturated carbocycles. The first-order valence-corrected chi connectivity index (χ1v) is 5.30. The van der Waals surface area contributed by atoms with Crippen molar-refractivity contribution in [3.63, 3.8) is 0 Å². The van der Waals surface area contributed by atoms with Gasteiger partial charge in [-0.1, -0.05) is 12.1 Å². The van der Waals surface area contributed by atoms with Crippen molar-refractivity contribution in [1.82, 2.24) is 0 Å². The van der Waals surface area contributed by atoms with E-state index in [-0.39, 0.29) is 34.7 Å². The van der Waals surface area contributed by atoms with Crippen LogP contribution in [0.25, 0.3) is 0 Å². The van der Waals surface area contributed by atoms with Gasteiger partial charge in [0.1, 0.15) is 5.75 Å². The molecule has 0 aromatic heterocycles. The van der Waals surface area contributed by atoms with E-state index in [2.05, 4.69) is 0 Å². The van der Waals surface area contributed by atoms with Gasteiger partial charge in [-0.15, -0.1) is 0 Å². The number of Topliss-reactive ketones (excluding diaryl/α,β-unsaturated/α-hetero) is 1. The van der Waals surface area contributed by atoms with Gasteiger partial charge < -0.3 is 10.2 Å². The zero-order valence-electron chi connectivity index (χ0n) is 9.30. The molecule has 0 unspecified atom stereocenters. The smallest absolute Gasteiger partial charge is 0.190 e. The predicted octanol–water partition coefficient (Wildman–Crippen LogP) is 1.47. The van der Waals surface area contributed by atoms with Gasteiger partial charge in [0.25, 0.3) is 0 Å². The lowest BCUT2D eigenvalue weighted by Crippen LogP contribution is -2.19. The number of phenolic OH excluding ortho intramolecular Hbond substituents is 1. The molecule has 2 N–H and O–H groups in total. The molecule has 0 spiro atoms. The average molecular weight is 232 g/mol. The highest BCUT2D eigenvalue weighted by Crippen LogP contribution is 2.29. The van der Waals surface area contributed by atoms with Gasteiger partial charge in [-0.2, -0.15) is 0 Å². The highest BCUT2D eigenvalue weighted by atomic mass is 16.3. The monoisotopic (exact) mass is 232 g/mol. The zero-order valence-corrected chi connectivity index (χ0v) is 9.30. The van der Waals surface area contributed by atoms with Gasteiger partial charge in [-0.05, 0) is 19.1 Å². The molecule has 0 radical (unpaired) electrons. The van der Waals surface area contributed by atoms with Crippen molar-refractivity contribution >= 4 is 11.6 Å². The third kappa shape index (κ3) is 1.99. The molecular weight excluding hydrogens is 220 g/mol. The summed E-state index contributed by atoms with van der Waals surface area (Å²) in [5.74, 6) is -0.891. The summed E-state index contributed by atoms with van der Waals surface area (Å²) in [6.07, 6.45) is 0.647. The Kier molecular flexibility index (Phi) is 2.81. The standard InChI is InChI=1S/C13H12O4/c1-7(14)5-8-6-11(16)12-9(13(8)17)3-2-4-10(12)15/h2-4,6-7,14-15H,5H2,1H3/t7-/m0/s1. The van der Waals surface area contributed by atoms with Crippen LogP contribution in [0.1, 0.15) is 34.1 Å². The van der Waals surface area contributed by atoms with Crippen LogP contribution in [0.3, 0.4) is 0 Å². The maximum absolute atomic E-state index is 12.0. The Morgan fingerprint density at radius 1 is 1.29 bits per heavy atom. The zero-order chi connectivity index (χ0) is 12.6. The number of ketones is 2. The molecular formula is C13H12O4. The SMILES string of the molecule is C[C@H](O)CC1=CC(=O)c2c(O)cccc2C1=O. The fourth-order valence-electron chi connectivity index (χ4n) is 1.93. The lowest BCUT2D eigenvalue weighted by Gasteiger charge is -2.16. The highest BCUT2D eigenvalue weighted by molar-refractivity contribution is 6.25. The minimum atomic E-state index is -0.683. The van der Waals surface area contributed by atoms with Crippen LogP contribution in [0.15, 0.2) is 29.8 Å². The summed E-state index contributed by atoms with van der Waals surface area (Å²) in [4.78, 5) is 23.8. The van der Waals surface area contributed by atoms with E-state index in [1.807, 2.05) is 0 Å². The third-order valence-electron chi connectivity index (χ3n) is 2.65. The molecule has 0 amide bonds. The Labute approximate surface area is 98.2 Å². The second-order valence-electron chi connectivity index (χ2n) is 4.12. The minimum Gasteiger partial charge on any atom is -0.507 e. The van der Waals surface area contributed by atoms with Gasteiger partial charge >= 0.3 is 0 Å². The second kappa shape index (κ2) is 4.14. The summed E-state index contributed by atoms with van der Waals surface area (Å²) in [5.41, 5.74) is 0.531. The van der Waals surface area contributed by atoms with Gasteiger partial charge in [-0.3, -0.25) is 9.59 Å². The first-order valence-electron chi connectivity index (χ1n) is 5.30. The van der Waals surface area contributed by atoms with Crippen molar-refractivity contribution in [2.24, 2.45) is 0 Å². The number of hydrogen-bond acceptors (Lipinski definition) is 4. The lowest BCUT2D eigenvalue weighted by atomic mass is 9.87. The van der Waals surface area contributed by atoms with E-state index in [1.165, 1.54) is 24.3 Å². The highest BCUT2D eigenvalue weighted by Gasteiger charge is 2.28. The van der Waals surface area contributed by atoms with Crippen molar-refractivity contribution in [1.29, 1.82) is 0 Å². The number of fused-ring (bicyclic) bond motifs is 1. The number of rotatable bonds is 2. The topological polar surface area (TPSA) is 74.6 Å². The predicted molar refractivity (Wildman–Crippen MR) is 61.1 cm³/mol. The van der Waals surface area contributed by atoms with E-state index < -0.39 is 11.9 Å². The van der Waals surface area contributed by atoms with Crippen LogP contribution in [-0.2, 0) is 0 Å². The van der Waals surface area contributed by atoms with Crippen molar-refractivity contribution in [3.05, 3.63) is 41.0 Å². The maximum Gasteiger partial charge on any atom is 0.190 e. The van der Waals surface area contributed by atoms with Gasteiger partial charge in [-0.25, -0.2) is 0 Å². The van der Waals surface area contributed by atoms with Crippen LogP contribution in [0.5, 0.6) is 5.75 Å². The number of aromatic hydroxyl groups is 1. The number of aliphatic hydroxyl groups is 1. The molecule has 0 heterocycles. The minimum absolute atomic E-state index is 0.0480. The number of aliphatic hydroxyl groups excluding tert-OH is 1. The number of benzene rings is 1. The van der Waals surface area contributed by atoms with E-state index in [1.54, 1.807) is 6.92 Å². The molecule has 4 nitrogen and oxygen atoms in total. The summed E-state index contributed by atoms with van der Waals surface area (Å²) in [6.45, 7) is 1.55. The van der Waals surface area contributed by atoms with Crippen LogP contribution < -0.4 is 0 Å². The van der Waals surface area contributed by atoms with Crippen LogP contribution in [0.2, 0.25) is 0 Å². The largest absolute Gasteiger partial charge is 0.507 e. The molecule has 1 atom stereocenters. The van der Waals surface area contributed by atoms with Crippen LogP contribution in [0.4, 0.5) is 0 Å². The Balaban J connectivity index is 2.50. The van der Waals surface area contributed by atoms with E-state index in [9.17, 15) is 19.8 Å². The molecule has 0 bridgehead atoms. The molecule has 0 fully saturated rings. The van der Waals surface area contributed by atoms with Gasteiger partial charge in [0.2, 0.25) is 0 Å². The number of hydrogen-bond donors (Lipinski definition) is 2. The van der Waals surface area contributed by atoms with E-state index in [0.29, 0.717) is 0 Å². The van der Waals surface area contributed by atoms with Gasteiger partial charge in [0, 0.05) is 17.6 Å².